The minimum atomic E-state index is -0.555. The molecule has 1 aliphatic heterocycles. The maximum atomic E-state index is 12.2. The highest BCUT2D eigenvalue weighted by atomic mass is 16.5. The van der Waals surface area contributed by atoms with Gasteiger partial charge in [0.1, 0.15) is 18.3 Å². The van der Waals surface area contributed by atoms with Crippen LogP contribution >= 0.6 is 0 Å². The van der Waals surface area contributed by atoms with E-state index in [1.165, 1.54) is 0 Å². The number of rotatable bonds is 7. The van der Waals surface area contributed by atoms with E-state index in [-0.39, 0.29) is 18.4 Å². The summed E-state index contributed by atoms with van der Waals surface area (Å²) in [5.74, 6) is 0.00660. The fourth-order valence-electron chi connectivity index (χ4n) is 2.54. The van der Waals surface area contributed by atoms with Gasteiger partial charge in [0.25, 0.3) is 5.91 Å². The Hall–Kier alpha value is -2.57. The maximum Gasteiger partial charge on any atom is 0.325 e. The zero-order valence-electron chi connectivity index (χ0n) is 14.2. The largest absolute Gasteiger partial charge is 0.492 e. The van der Waals surface area contributed by atoms with Crippen molar-refractivity contribution in [1.29, 1.82) is 0 Å². The van der Waals surface area contributed by atoms with Crippen molar-refractivity contribution >= 4 is 23.5 Å². The Morgan fingerprint density at radius 3 is 2.71 bits per heavy atom. The van der Waals surface area contributed by atoms with Crippen LogP contribution in [0.5, 0.6) is 5.75 Å². The van der Waals surface area contributed by atoms with Crippen LogP contribution in [0.25, 0.3) is 0 Å². The van der Waals surface area contributed by atoms with Crippen molar-refractivity contribution in [2.24, 2.45) is 5.92 Å². The topological polar surface area (TPSA) is 87.7 Å². The lowest BCUT2D eigenvalue weighted by Gasteiger charge is -2.15. The van der Waals surface area contributed by atoms with Crippen LogP contribution in [0.3, 0.4) is 0 Å². The second-order valence-electron chi connectivity index (χ2n) is 6.03. The van der Waals surface area contributed by atoms with Gasteiger partial charge in [0.2, 0.25) is 5.91 Å². The van der Waals surface area contributed by atoms with Crippen LogP contribution in [-0.4, -0.2) is 41.9 Å². The van der Waals surface area contributed by atoms with Gasteiger partial charge in [-0.3, -0.25) is 14.5 Å². The first kappa shape index (κ1) is 17.8. The van der Waals surface area contributed by atoms with Crippen LogP contribution in [0.15, 0.2) is 24.3 Å². The molecule has 2 N–H and O–H groups in total. The summed E-state index contributed by atoms with van der Waals surface area (Å²) in [5, 5.41) is 5.30. The number of urea groups is 1. The Balaban J connectivity index is 2.00. The third kappa shape index (κ3) is 4.24. The minimum absolute atomic E-state index is 0.270. The minimum Gasteiger partial charge on any atom is -0.492 e. The van der Waals surface area contributed by atoms with Crippen molar-refractivity contribution in [2.45, 2.75) is 33.2 Å². The summed E-state index contributed by atoms with van der Waals surface area (Å²) >= 11 is 0. The molecule has 1 aliphatic rings. The van der Waals surface area contributed by atoms with Gasteiger partial charge in [-0.25, -0.2) is 4.79 Å². The van der Waals surface area contributed by atoms with E-state index >= 15 is 0 Å². The first-order chi connectivity index (χ1) is 11.4. The molecule has 1 saturated heterocycles. The Kier molecular flexibility index (Phi) is 5.78. The molecule has 1 unspecified atom stereocenters. The molecule has 0 aliphatic carbocycles. The second-order valence-corrected chi connectivity index (χ2v) is 6.03. The SMILES string of the molecule is CCOc1ccccc1NC(=O)CN1C(=O)NC(CC(C)C)C1=O. The van der Waals surface area contributed by atoms with Gasteiger partial charge in [-0.05, 0) is 31.4 Å². The molecule has 0 spiro atoms. The van der Waals surface area contributed by atoms with Crippen LogP contribution in [0.1, 0.15) is 27.2 Å². The number of ether oxygens (including phenoxy) is 1. The van der Waals surface area contributed by atoms with Gasteiger partial charge in [-0.2, -0.15) is 0 Å². The van der Waals surface area contributed by atoms with E-state index in [9.17, 15) is 14.4 Å². The molecule has 1 aromatic carbocycles. The van der Waals surface area contributed by atoms with Crippen molar-refractivity contribution in [3.05, 3.63) is 24.3 Å². The van der Waals surface area contributed by atoms with Gasteiger partial charge in [-0.15, -0.1) is 0 Å². The number of para-hydroxylation sites is 2. The fraction of sp³-hybridized carbons (Fsp3) is 0.471. The molecule has 1 atom stereocenters. The lowest BCUT2D eigenvalue weighted by Crippen LogP contribution is -2.38. The lowest BCUT2D eigenvalue weighted by atomic mass is 10.0. The number of carbonyl (C=O) groups is 3. The van der Waals surface area contributed by atoms with Crippen LogP contribution < -0.4 is 15.4 Å². The summed E-state index contributed by atoms with van der Waals surface area (Å²) in [7, 11) is 0. The first-order valence-electron chi connectivity index (χ1n) is 8.06. The summed E-state index contributed by atoms with van der Waals surface area (Å²) in [6, 6.07) is 5.93. The number of carbonyl (C=O) groups excluding carboxylic acids is 3. The molecular weight excluding hydrogens is 310 g/mol. The van der Waals surface area contributed by atoms with E-state index in [0.29, 0.717) is 24.5 Å². The van der Waals surface area contributed by atoms with E-state index in [4.69, 9.17) is 4.74 Å². The molecule has 4 amide bonds. The zero-order chi connectivity index (χ0) is 17.7. The summed E-state index contributed by atoms with van der Waals surface area (Å²) in [4.78, 5) is 37.3. The molecule has 1 fully saturated rings. The van der Waals surface area contributed by atoms with Crippen LogP contribution in [0, 0.1) is 5.92 Å². The van der Waals surface area contributed by atoms with Crippen molar-refractivity contribution < 1.29 is 19.1 Å². The average molecular weight is 333 g/mol. The van der Waals surface area contributed by atoms with E-state index < -0.39 is 18.0 Å². The molecule has 0 saturated carbocycles. The van der Waals surface area contributed by atoms with Crippen molar-refractivity contribution in [2.75, 3.05) is 18.5 Å². The van der Waals surface area contributed by atoms with Gasteiger partial charge >= 0.3 is 6.03 Å². The lowest BCUT2D eigenvalue weighted by molar-refractivity contribution is -0.131. The van der Waals surface area contributed by atoms with Crippen LogP contribution in [0.4, 0.5) is 10.5 Å². The molecule has 1 heterocycles. The highest BCUT2D eigenvalue weighted by Gasteiger charge is 2.39. The predicted octanol–water partition coefficient (Wildman–Crippen LogP) is 1.99. The van der Waals surface area contributed by atoms with Gasteiger partial charge in [0.05, 0.1) is 12.3 Å². The molecule has 7 nitrogen and oxygen atoms in total. The molecule has 1 aromatic rings. The normalized spacial score (nSPS) is 17.2. The highest BCUT2D eigenvalue weighted by Crippen LogP contribution is 2.23. The molecule has 0 aromatic heterocycles. The molecule has 0 bridgehead atoms. The fourth-order valence-corrected chi connectivity index (χ4v) is 2.54. The Labute approximate surface area is 141 Å². The average Bonchev–Trinajstić information content (AvgIpc) is 2.76. The Morgan fingerprint density at radius 2 is 2.04 bits per heavy atom. The first-order valence-corrected chi connectivity index (χ1v) is 8.06. The quantitative estimate of drug-likeness (QED) is 0.747. The van der Waals surface area contributed by atoms with Gasteiger partial charge < -0.3 is 15.4 Å². The number of hydrogen-bond donors (Lipinski definition) is 2. The zero-order valence-corrected chi connectivity index (χ0v) is 14.2. The molecule has 24 heavy (non-hydrogen) atoms. The van der Waals surface area contributed by atoms with E-state index in [2.05, 4.69) is 10.6 Å². The highest BCUT2D eigenvalue weighted by molar-refractivity contribution is 6.08. The summed E-state index contributed by atoms with van der Waals surface area (Å²) in [6.45, 7) is 5.94. The van der Waals surface area contributed by atoms with Gasteiger partial charge in [0.15, 0.2) is 0 Å². The number of imide groups is 1. The second kappa shape index (κ2) is 7.81. The molecular formula is C17H23N3O4. The maximum absolute atomic E-state index is 12.2. The van der Waals surface area contributed by atoms with E-state index in [1.807, 2.05) is 20.8 Å². The van der Waals surface area contributed by atoms with Crippen molar-refractivity contribution in [3.8, 4) is 5.75 Å². The number of hydrogen-bond acceptors (Lipinski definition) is 4. The number of benzene rings is 1. The van der Waals surface area contributed by atoms with E-state index in [0.717, 1.165) is 4.90 Å². The molecule has 130 valence electrons. The van der Waals surface area contributed by atoms with Gasteiger partial charge in [-0.1, -0.05) is 26.0 Å². The summed E-state index contributed by atoms with van der Waals surface area (Å²) < 4.78 is 5.44. The van der Waals surface area contributed by atoms with E-state index in [1.54, 1.807) is 24.3 Å². The number of nitrogens with one attached hydrogen (secondary N) is 2. The standard InChI is InChI=1S/C17H23N3O4/c1-4-24-14-8-6-5-7-12(14)18-15(21)10-20-16(22)13(9-11(2)3)19-17(20)23/h5-8,11,13H,4,9-10H2,1-3H3,(H,18,21)(H,19,23). The molecule has 0 radical (unpaired) electrons. The third-order valence-corrected chi connectivity index (χ3v) is 3.58. The smallest absolute Gasteiger partial charge is 0.325 e. The van der Waals surface area contributed by atoms with Crippen molar-refractivity contribution in [3.63, 3.8) is 0 Å². The summed E-state index contributed by atoms with van der Waals surface area (Å²) in [5.41, 5.74) is 0.509. The Bertz CT molecular complexity index is 630. The van der Waals surface area contributed by atoms with Crippen LogP contribution in [-0.2, 0) is 9.59 Å². The molecule has 2 rings (SSSR count). The Morgan fingerprint density at radius 1 is 1.33 bits per heavy atom. The summed E-state index contributed by atoms with van der Waals surface area (Å²) in [6.07, 6.45) is 0.551. The van der Waals surface area contributed by atoms with Crippen molar-refractivity contribution in [1.82, 2.24) is 10.2 Å². The monoisotopic (exact) mass is 333 g/mol. The van der Waals surface area contributed by atoms with Gasteiger partial charge in [0, 0.05) is 0 Å². The number of nitrogens with zero attached hydrogens (tertiary/aromatic N) is 1. The predicted molar refractivity (Wildman–Crippen MR) is 89.7 cm³/mol. The van der Waals surface area contributed by atoms with Crippen LogP contribution in [0.2, 0.25) is 0 Å². The molecule has 7 heteroatoms. The number of anilines is 1. The number of amides is 4. The third-order valence-electron chi connectivity index (χ3n) is 3.58.